The van der Waals surface area contributed by atoms with E-state index in [1.54, 1.807) is 50.4 Å². The minimum absolute atomic E-state index is 0.0258. The first kappa shape index (κ1) is 32.2. The van der Waals surface area contributed by atoms with Gasteiger partial charge >= 0.3 is 6.09 Å². The van der Waals surface area contributed by atoms with Gasteiger partial charge in [0.1, 0.15) is 0 Å². The minimum atomic E-state index is -0.733. The number of carbonyl (C=O) groups excluding carboxylic acids is 2. The van der Waals surface area contributed by atoms with Crippen LogP contribution in [0.3, 0.4) is 0 Å². The first-order chi connectivity index (χ1) is 20.8. The van der Waals surface area contributed by atoms with Crippen LogP contribution in [0.2, 0.25) is 0 Å². The van der Waals surface area contributed by atoms with Crippen molar-refractivity contribution < 1.29 is 38.0 Å². The van der Waals surface area contributed by atoms with Crippen molar-refractivity contribution in [3.05, 3.63) is 48.0 Å². The first-order valence-electron chi connectivity index (χ1n) is 14.9. The molecule has 43 heavy (non-hydrogen) atoms. The molecule has 2 aromatic carbocycles. The van der Waals surface area contributed by atoms with Gasteiger partial charge < -0.3 is 43.5 Å². The Morgan fingerprint density at radius 2 is 1.74 bits per heavy atom. The van der Waals surface area contributed by atoms with Gasteiger partial charge in [-0.05, 0) is 56.0 Å². The second-order valence-electron chi connectivity index (χ2n) is 11.2. The van der Waals surface area contributed by atoms with E-state index >= 15 is 0 Å². The smallest absolute Gasteiger partial charge is 0.412 e. The highest BCUT2D eigenvalue weighted by atomic mass is 16.7. The Balaban J connectivity index is 1.36. The lowest BCUT2D eigenvalue weighted by Gasteiger charge is -2.33. The number of methoxy groups -OCH3 is 2. The van der Waals surface area contributed by atoms with Crippen LogP contribution >= 0.6 is 0 Å². The number of nitrogens with zero attached hydrogens (tertiary/aromatic N) is 2. The zero-order valence-corrected chi connectivity index (χ0v) is 25.9. The van der Waals surface area contributed by atoms with Crippen LogP contribution in [0.4, 0.5) is 4.79 Å². The topological polar surface area (TPSA) is 108 Å². The van der Waals surface area contributed by atoms with E-state index in [0.717, 1.165) is 19.5 Å². The van der Waals surface area contributed by atoms with Gasteiger partial charge in [-0.15, -0.1) is 0 Å². The maximum atomic E-state index is 13.8. The molecule has 1 N–H and O–H groups in total. The number of amides is 2. The largest absolute Gasteiger partial charge is 0.493 e. The standard InChI is InChI=1S/C32H45N3O8/c1-22(2)35(31(36)23-11-12-26(39-5)29(17-23)40-15-8-14-38-4)21-25-19-33-18-24(25)20-34(3)32(37)43-30-13-16-41-27-9-6-7-10-28(27)42-30/h6-7,9-12,17,22,24-25,30,33H,8,13-16,18-21H2,1-5H3/t24-,25-,30?/m0/s1. The second kappa shape index (κ2) is 15.7. The molecule has 0 saturated carbocycles. The quantitative estimate of drug-likeness (QED) is 0.341. The Hall–Kier alpha value is -3.70. The Kier molecular flexibility index (Phi) is 11.7. The third kappa shape index (κ3) is 8.67. The molecule has 2 heterocycles. The SMILES string of the molecule is COCCCOc1cc(C(=O)N(C[C@@H]2CNC[C@H]2CN(C)C(=O)OC2CCOc3ccccc3O2)C(C)C)ccc1OC. The van der Waals surface area contributed by atoms with E-state index in [2.05, 4.69) is 5.32 Å². The van der Waals surface area contributed by atoms with E-state index < -0.39 is 12.4 Å². The summed E-state index contributed by atoms with van der Waals surface area (Å²) in [6.07, 6.45) is -0.0329. The molecule has 1 saturated heterocycles. The molecule has 0 spiro atoms. The number of fused-ring (bicyclic) bond motifs is 1. The van der Waals surface area contributed by atoms with Crippen molar-refractivity contribution >= 4 is 12.0 Å². The van der Waals surface area contributed by atoms with Gasteiger partial charge in [0.05, 0.1) is 26.7 Å². The lowest BCUT2D eigenvalue weighted by molar-refractivity contribution is -0.0483. The molecule has 0 bridgehead atoms. The number of nitrogens with one attached hydrogen (secondary N) is 1. The van der Waals surface area contributed by atoms with Gasteiger partial charge in [0, 0.05) is 65.0 Å². The minimum Gasteiger partial charge on any atom is -0.493 e. The van der Waals surface area contributed by atoms with E-state index in [1.807, 2.05) is 36.9 Å². The Labute approximate surface area is 254 Å². The van der Waals surface area contributed by atoms with Crippen LogP contribution in [0.25, 0.3) is 0 Å². The van der Waals surface area contributed by atoms with E-state index in [1.165, 1.54) is 0 Å². The Morgan fingerprint density at radius 3 is 2.47 bits per heavy atom. The molecule has 11 heteroatoms. The van der Waals surface area contributed by atoms with Crippen molar-refractivity contribution in [3.63, 3.8) is 0 Å². The normalized spacial score (nSPS) is 19.4. The molecule has 2 aromatic rings. The highest BCUT2D eigenvalue weighted by Crippen LogP contribution is 2.32. The van der Waals surface area contributed by atoms with Crippen molar-refractivity contribution in [1.82, 2.24) is 15.1 Å². The highest BCUT2D eigenvalue weighted by Gasteiger charge is 2.34. The van der Waals surface area contributed by atoms with Crippen molar-refractivity contribution in [1.29, 1.82) is 0 Å². The van der Waals surface area contributed by atoms with Crippen LogP contribution in [0, 0.1) is 11.8 Å². The van der Waals surface area contributed by atoms with Gasteiger partial charge in [0.25, 0.3) is 5.91 Å². The van der Waals surface area contributed by atoms with E-state index in [0.29, 0.717) is 67.9 Å². The summed E-state index contributed by atoms with van der Waals surface area (Å²) in [4.78, 5) is 30.2. The summed E-state index contributed by atoms with van der Waals surface area (Å²) in [7, 11) is 4.96. The van der Waals surface area contributed by atoms with Gasteiger partial charge in [-0.25, -0.2) is 4.79 Å². The lowest BCUT2D eigenvalue weighted by atomic mass is 9.94. The molecule has 2 aliphatic rings. The van der Waals surface area contributed by atoms with Crippen molar-refractivity contribution in [2.75, 3.05) is 67.3 Å². The zero-order valence-electron chi connectivity index (χ0n) is 25.9. The number of hydrogen-bond acceptors (Lipinski definition) is 9. The fourth-order valence-corrected chi connectivity index (χ4v) is 5.31. The number of para-hydroxylation sites is 2. The second-order valence-corrected chi connectivity index (χ2v) is 11.2. The maximum Gasteiger partial charge on any atom is 0.412 e. The first-order valence-corrected chi connectivity index (χ1v) is 14.9. The molecule has 236 valence electrons. The van der Waals surface area contributed by atoms with E-state index in [-0.39, 0.29) is 23.8 Å². The van der Waals surface area contributed by atoms with Crippen LogP contribution in [-0.4, -0.2) is 101 Å². The van der Waals surface area contributed by atoms with E-state index in [4.69, 9.17) is 28.4 Å². The molecule has 0 aromatic heterocycles. The summed E-state index contributed by atoms with van der Waals surface area (Å²) in [5, 5.41) is 3.44. The Morgan fingerprint density at radius 1 is 1.00 bits per heavy atom. The van der Waals surface area contributed by atoms with Crippen LogP contribution in [0.15, 0.2) is 42.5 Å². The summed E-state index contributed by atoms with van der Waals surface area (Å²) in [6, 6.07) is 12.6. The predicted octanol–water partition coefficient (Wildman–Crippen LogP) is 4.05. The van der Waals surface area contributed by atoms with Gasteiger partial charge in [-0.3, -0.25) is 4.79 Å². The fraction of sp³-hybridized carbons (Fsp3) is 0.562. The van der Waals surface area contributed by atoms with Crippen LogP contribution < -0.4 is 24.3 Å². The third-order valence-electron chi connectivity index (χ3n) is 7.73. The lowest BCUT2D eigenvalue weighted by Crippen LogP contribution is -2.44. The van der Waals surface area contributed by atoms with Gasteiger partial charge in [0.2, 0.25) is 6.29 Å². The molecule has 4 rings (SSSR count). The summed E-state index contributed by atoms with van der Waals surface area (Å²) in [5.74, 6) is 2.51. The van der Waals surface area contributed by atoms with Gasteiger partial charge in [-0.2, -0.15) is 0 Å². The summed E-state index contributed by atoms with van der Waals surface area (Å²) < 4.78 is 33.7. The van der Waals surface area contributed by atoms with Gasteiger partial charge in [-0.1, -0.05) is 12.1 Å². The molecule has 0 radical (unpaired) electrons. The number of ether oxygens (including phenoxy) is 6. The monoisotopic (exact) mass is 599 g/mol. The third-order valence-corrected chi connectivity index (χ3v) is 7.73. The predicted molar refractivity (Wildman–Crippen MR) is 161 cm³/mol. The molecule has 2 aliphatic heterocycles. The summed E-state index contributed by atoms with van der Waals surface area (Å²) in [5.41, 5.74) is 0.536. The van der Waals surface area contributed by atoms with Crippen LogP contribution in [0.5, 0.6) is 23.0 Å². The van der Waals surface area contributed by atoms with Crippen molar-refractivity contribution in [2.45, 2.75) is 39.0 Å². The summed E-state index contributed by atoms with van der Waals surface area (Å²) >= 11 is 0. The van der Waals surface area contributed by atoms with Crippen LogP contribution in [-0.2, 0) is 9.47 Å². The highest BCUT2D eigenvalue weighted by molar-refractivity contribution is 5.95. The fourth-order valence-electron chi connectivity index (χ4n) is 5.31. The molecule has 2 amide bonds. The van der Waals surface area contributed by atoms with Crippen LogP contribution in [0.1, 0.15) is 37.0 Å². The van der Waals surface area contributed by atoms with E-state index in [9.17, 15) is 9.59 Å². The molecule has 3 atom stereocenters. The maximum absolute atomic E-state index is 13.8. The van der Waals surface area contributed by atoms with Crippen molar-refractivity contribution in [2.24, 2.45) is 11.8 Å². The number of hydrogen-bond donors (Lipinski definition) is 1. The molecule has 11 nitrogen and oxygen atoms in total. The molecule has 0 aliphatic carbocycles. The number of rotatable bonds is 13. The molecular weight excluding hydrogens is 554 g/mol. The van der Waals surface area contributed by atoms with Crippen molar-refractivity contribution in [3.8, 4) is 23.0 Å². The number of carbonyl (C=O) groups is 2. The molecule has 1 unspecified atom stereocenters. The summed E-state index contributed by atoms with van der Waals surface area (Å²) in [6.45, 7) is 7.98. The van der Waals surface area contributed by atoms with Gasteiger partial charge in [0.15, 0.2) is 23.0 Å². The number of benzene rings is 2. The average Bonchev–Trinajstić information content (AvgIpc) is 3.33. The Bertz CT molecular complexity index is 1210. The zero-order chi connectivity index (χ0) is 30.8. The molecular formula is C32H45N3O8. The average molecular weight is 600 g/mol. The molecule has 1 fully saturated rings.